The van der Waals surface area contributed by atoms with E-state index in [2.05, 4.69) is 38.4 Å². The Morgan fingerprint density at radius 3 is 2.50 bits per heavy atom. The van der Waals surface area contributed by atoms with Crippen molar-refractivity contribution in [1.82, 2.24) is 10.7 Å². The molecule has 0 aliphatic heterocycles. The number of carbonyl (C=O) groups excluding carboxylic acids is 2. The molecule has 8 heteroatoms. The van der Waals surface area contributed by atoms with Gasteiger partial charge >= 0.3 is 0 Å². The summed E-state index contributed by atoms with van der Waals surface area (Å²) in [6, 6.07) is 9.94. The van der Waals surface area contributed by atoms with E-state index >= 15 is 0 Å². The Kier molecular flexibility index (Phi) is 9.46. The normalized spacial score (nSPS) is 11.8. The molecular formula is C24H28BrN3O4. The SMILES string of the molecule is C=CCOc1c(Br)cc(/C=N/NC(=O)C(NC(=O)c2ccc(C)cc2)C(C)C)cc1OC. The van der Waals surface area contributed by atoms with Crippen molar-refractivity contribution < 1.29 is 19.1 Å². The first-order chi connectivity index (χ1) is 15.3. The van der Waals surface area contributed by atoms with Crippen LogP contribution in [0.1, 0.15) is 35.3 Å². The zero-order chi connectivity index (χ0) is 23.7. The molecule has 7 nitrogen and oxygen atoms in total. The van der Waals surface area contributed by atoms with E-state index in [0.29, 0.717) is 33.7 Å². The van der Waals surface area contributed by atoms with E-state index in [9.17, 15) is 9.59 Å². The summed E-state index contributed by atoms with van der Waals surface area (Å²) in [6.45, 7) is 9.62. The molecule has 0 fully saturated rings. The molecule has 32 heavy (non-hydrogen) atoms. The maximum atomic E-state index is 12.7. The summed E-state index contributed by atoms with van der Waals surface area (Å²) in [4.78, 5) is 25.2. The van der Waals surface area contributed by atoms with Gasteiger partial charge in [0, 0.05) is 5.56 Å². The first-order valence-electron chi connectivity index (χ1n) is 10.1. The second kappa shape index (κ2) is 12.0. The maximum absolute atomic E-state index is 12.7. The number of rotatable bonds is 10. The molecule has 0 radical (unpaired) electrons. The third-order valence-electron chi connectivity index (χ3n) is 4.54. The van der Waals surface area contributed by atoms with Gasteiger partial charge in [0.15, 0.2) is 11.5 Å². The fourth-order valence-corrected chi connectivity index (χ4v) is 3.38. The van der Waals surface area contributed by atoms with E-state index in [1.54, 1.807) is 30.3 Å². The smallest absolute Gasteiger partial charge is 0.262 e. The Bertz CT molecular complexity index is 987. The number of ether oxygens (including phenoxy) is 2. The van der Waals surface area contributed by atoms with Gasteiger partial charge in [-0.25, -0.2) is 5.43 Å². The van der Waals surface area contributed by atoms with Gasteiger partial charge in [-0.1, -0.05) is 44.2 Å². The predicted octanol–water partition coefficient (Wildman–Crippen LogP) is 4.24. The van der Waals surface area contributed by atoms with Crippen LogP contribution in [0.3, 0.4) is 0 Å². The van der Waals surface area contributed by atoms with Gasteiger partial charge in [0.25, 0.3) is 11.8 Å². The highest BCUT2D eigenvalue weighted by Gasteiger charge is 2.24. The molecule has 0 saturated carbocycles. The zero-order valence-electron chi connectivity index (χ0n) is 18.6. The van der Waals surface area contributed by atoms with Crippen LogP contribution in [0.5, 0.6) is 11.5 Å². The van der Waals surface area contributed by atoms with Gasteiger partial charge in [-0.15, -0.1) is 0 Å². The Hall–Kier alpha value is -3.13. The molecule has 2 rings (SSSR count). The van der Waals surface area contributed by atoms with Gasteiger partial charge in [-0.2, -0.15) is 5.10 Å². The Labute approximate surface area is 197 Å². The van der Waals surface area contributed by atoms with E-state index in [0.717, 1.165) is 5.56 Å². The van der Waals surface area contributed by atoms with Crippen LogP contribution in [-0.2, 0) is 4.79 Å². The third kappa shape index (κ3) is 6.95. The quantitative estimate of drug-likeness (QED) is 0.289. The second-order valence-corrected chi connectivity index (χ2v) is 8.28. The van der Waals surface area contributed by atoms with Gasteiger partial charge < -0.3 is 14.8 Å². The van der Waals surface area contributed by atoms with Gasteiger partial charge in [-0.3, -0.25) is 9.59 Å². The maximum Gasteiger partial charge on any atom is 0.262 e. The van der Waals surface area contributed by atoms with Crippen molar-refractivity contribution in [2.24, 2.45) is 11.0 Å². The lowest BCUT2D eigenvalue weighted by molar-refractivity contribution is -0.123. The van der Waals surface area contributed by atoms with Crippen molar-refractivity contribution in [2.45, 2.75) is 26.8 Å². The van der Waals surface area contributed by atoms with Crippen LogP contribution in [0.15, 0.2) is 58.6 Å². The third-order valence-corrected chi connectivity index (χ3v) is 5.12. The highest BCUT2D eigenvalue weighted by Crippen LogP contribution is 2.36. The molecule has 0 aliphatic rings. The molecule has 170 valence electrons. The number of nitrogens with one attached hydrogen (secondary N) is 2. The monoisotopic (exact) mass is 501 g/mol. The second-order valence-electron chi connectivity index (χ2n) is 7.43. The molecule has 0 bridgehead atoms. The largest absolute Gasteiger partial charge is 0.493 e. The molecular weight excluding hydrogens is 474 g/mol. The number of carbonyl (C=O) groups is 2. The summed E-state index contributed by atoms with van der Waals surface area (Å²) in [5.41, 5.74) is 4.73. The minimum absolute atomic E-state index is 0.130. The van der Waals surface area contributed by atoms with Gasteiger partial charge in [0.05, 0.1) is 17.8 Å². The molecule has 1 unspecified atom stereocenters. The summed E-state index contributed by atoms with van der Waals surface area (Å²) in [6.07, 6.45) is 3.13. The molecule has 0 aliphatic carbocycles. The first kappa shape index (κ1) is 25.1. The highest BCUT2D eigenvalue weighted by atomic mass is 79.9. The number of halogens is 1. The summed E-state index contributed by atoms with van der Waals surface area (Å²) in [7, 11) is 1.54. The van der Waals surface area contributed by atoms with Crippen LogP contribution in [0, 0.1) is 12.8 Å². The number of benzene rings is 2. The number of nitrogens with zero attached hydrogens (tertiary/aromatic N) is 1. The molecule has 0 heterocycles. The van der Waals surface area contributed by atoms with Crippen LogP contribution < -0.4 is 20.2 Å². The van der Waals surface area contributed by atoms with Crippen LogP contribution >= 0.6 is 15.9 Å². The fourth-order valence-electron chi connectivity index (χ4n) is 2.80. The highest BCUT2D eigenvalue weighted by molar-refractivity contribution is 9.10. The lowest BCUT2D eigenvalue weighted by Gasteiger charge is -2.20. The van der Waals surface area contributed by atoms with E-state index in [4.69, 9.17) is 9.47 Å². The minimum atomic E-state index is -0.739. The Morgan fingerprint density at radius 1 is 1.22 bits per heavy atom. The lowest BCUT2D eigenvalue weighted by atomic mass is 10.0. The van der Waals surface area contributed by atoms with Crippen LogP contribution in [-0.4, -0.2) is 37.8 Å². The standard InChI is InChI=1S/C24H28BrN3O4/c1-6-11-32-22-19(25)12-17(13-20(22)31-5)14-26-28-24(30)21(15(2)3)27-23(29)18-9-7-16(4)8-10-18/h6-10,12-15,21H,1,11H2,2-5H3,(H,27,29)(H,28,30)/b26-14+. The average Bonchev–Trinajstić information content (AvgIpc) is 2.76. The lowest BCUT2D eigenvalue weighted by Crippen LogP contribution is -2.48. The number of methoxy groups -OCH3 is 1. The van der Waals surface area contributed by atoms with E-state index in [1.807, 2.05) is 32.9 Å². The van der Waals surface area contributed by atoms with Crippen molar-refractivity contribution in [1.29, 1.82) is 0 Å². The summed E-state index contributed by atoms with van der Waals surface area (Å²) in [5, 5.41) is 6.81. The van der Waals surface area contributed by atoms with Gasteiger partial charge in [-0.05, 0) is 58.6 Å². The number of hydrogen-bond acceptors (Lipinski definition) is 5. The van der Waals surface area contributed by atoms with E-state index in [-0.39, 0.29) is 11.8 Å². The van der Waals surface area contributed by atoms with Crippen LogP contribution in [0.25, 0.3) is 0 Å². The summed E-state index contributed by atoms with van der Waals surface area (Å²) < 4.78 is 11.6. The van der Waals surface area contributed by atoms with Gasteiger partial charge in [0.2, 0.25) is 0 Å². The zero-order valence-corrected chi connectivity index (χ0v) is 20.2. The molecule has 0 spiro atoms. The predicted molar refractivity (Wildman–Crippen MR) is 129 cm³/mol. The number of hydrazone groups is 1. The van der Waals surface area contributed by atoms with Crippen molar-refractivity contribution >= 4 is 34.0 Å². The molecule has 2 N–H and O–H groups in total. The van der Waals surface area contributed by atoms with Gasteiger partial charge in [0.1, 0.15) is 12.6 Å². The number of aryl methyl sites for hydroxylation is 1. The molecule has 2 aromatic carbocycles. The molecule has 0 aromatic heterocycles. The van der Waals surface area contributed by atoms with Crippen molar-refractivity contribution in [3.05, 3.63) is 70.2 Å². The first-order valence-corrected chi connectivity index (χ1v) is 10.9. The number of hydrogen-bond donors (Lipinski definition) is 2. The minimum Gasteiger partial charge on any atom is -0.493 e. The van der Waals surface area contributed by atoms with Crippen LogP contribution in [0.4, 0.5) is 0 Å². The number of amides is 2. The van der Waals surface area contributed by atoms with Crippen molar-refractivity contribution in [2.75, 3.05) is 13.7 Å². The van der Waals surface area contributed by atoms with Crippen molar-refractivity contribution in [3.8, 4) is 11.5 Å². The summed E-state index contributed by atoms with van der Waals surface area (Å²) in [5.74, 6) is 0.210. The fraction of sp³-hybridized carbons (Fsp3) is 0.292. The summed E-state index contributed by atoms with van der Waals surface area (Å²) >= 11 is 3.45. The molecule has 2 amide bonds. The molecule has 2 aromatic rings. The van der Waals surface area contributed by atoms with Crippen LogP contribution in [0.2, 0.25) is 0 Å². The van der Waals surface area contributed by atoms with Crippen molar-refractivity contribution in [3.63, 3.8) is 0 Å². The van der Waals surface area contributed by atoms with E-state index in [1.165, 1.54) is 13.3 Å². The van der Waals surface area contributed by atoms with E-state index < -0.39 is 11.9 Å². The molecule has 0 saturated heterocycles. The average molecular weight is 502 g/mol. The Balaban J connectivity index is 2.07. The molecule has 1 atom stereocenters. The Morgan fingerprint density at radius 2 is 1.91 bits per heavy atom. The topological polar surface area (TPSA) is 89.0 Å².